The van der Waals surface area contributed by atoms with E-state index in [2.05, 4.69) is 11.9 Å². The summed E-state index contributed by atoms with van der Waals surface area (Å²) in [6.45, 7) is 4.05. The lowest BCUT2D eigenvalue weighted by Gasteiger charge is -1.97. The molecule has 0 aliphatic heterocycles. The van der Waals surface area contributed by atoms with Crippen LogP contribution in [0.4, 0.5) is 5.82 Å². The fourth-order valence-corrected chi connectivity index (χ4v) is 1.98. The number of pyridine rings is 1. The Kier molecular flexibility index (Phi) is 3.41. The van der Waals surface area contributed by atoms with Crippen LogP contribution in [0.25, 0.3) is 11.7 Å². The number of hydrogen-bond acceptors (Lipinski definition) is 3. The Morgan fingerprint density at radius 2 is 2.33 bits per heavy atom. The molecule has 5 nitrogen and oxygen atoms in total. The van der Waals surface area contributed by atoms with E-state index in [1.807, 2.05) is 13.0 Å². The summed E-state index contributed by atoms with van der Waals surface area (Å²) in [5, 5.41) is 11.2. The van der Waals surface area contributed by atoms with Crippen molar-refractivity contribution in [2.75, 3.05) is 0 Å². The summed E-state index contributed by atoms with van der Waals surface area (Å²) in [6, 6.07) is 5.34. The van der Waals surface area contributed by atoms with Crippen LogP contribution in [0.3, 0.4) is 0 Å². The zero-order chi connectivity index (χ0) is 13.1. The normalized spacial score (nSPS) is 12.0. The highest BCUT2D eigenvalue weighted by Gasteiger charge is 2.20. The van der Waals surface area contributed by atoms with E-state index in [1.165, 1.54) is 4.40 Å². The van der Waals surface area contributed by atoms with Gasteiger partial charge in [0.25, 0.3) is 0 Å². The summed E-state index contributed by atoms with van der Waals surface area (Å²) in [5.41, 5.74) is 2.13. The molecule has 2 heterocycles. The minimum Gasteiger partial charge on any atom is -0.358 e. The zero-order valence-corrected chi connectivity index (χ0v) is 10.5. The van der Waals surface area contributed by atoms with Crippen LogP contribution in [-0.2, 0) is 0 Å². The molecule has 0 atom stereocenters. The molecule has 0 aliphatic rings. The molecule has 94 valence electrons. The number of aromatic nitrogens is 2. The van der Waals surface area contributed by atoms with Crippen LogP contribution in [0.5, 0.6) is 0 Å². The van der Waals surface area contributed by atoms with Crippen molar-refractivity contribution in [3.05, 3.63) is 45.8 Å². The van der Waals surface area contributed by atoms with Crippen molar-refractivity contribution in [1.82, 2.24) is 9.38 Å². The molecule has 5 heteroatoms. The SMILES string of the molecule is CCC/C(C)=C/c1nc2ccccn2c1[N+](=O)[O-]. The third-order valence-corrected chi connectivity index (χ3v) is 2.73. The summed E-state index contributed by atoms with van der Waals surface area (Å²) in [6.07, 6.45) is 5.40. The van der Waals surface area contributed by atoms with E-state index in [1.54, 1.807) is 24.4 Å². The summed E-state index contributed by atoms with van der Waals surface area (Å²) < 4.78 is 1.51. The fraction of sp³-hybridized carbons (Fsp3) is 0.308. The van der Waals surface area contributed by atoms with Crippen molar-refractivity contribution in [3.63, 3.8) is 0 Å². The molecule has 0 bridgehead atoms. The molecule has 0 aliphatic carbocycles. The Morgan fingerprint density at radius 3 is 3.00 bits per heavy atom. The van der Waals surface area contributed by atoms with Gasteiger partial charge >= 0.3 is 5.82 Å². The maximum Gasteiger partial charge on any atom is 0.355 e. The molecule has 2 aromatic heterocycles. The van der Waals surface area contributed by atoms with Gasteiger partial charge in [-0.15, -0.1) is 0 Å². The van der Waals surface area contributed by atoms with Gasteiger partial charge in [0.15, 0.2) is 5.69 Å². The second-order valence-corrected chi connectivity index (χ2v) is 4.25. The van der Waals surface area contributed by atoms with Gasteiger partial charge in [-0.25, -0.2) is 4.98 Å². The largest absolute Gasteiger partial charge is 0.358 e. The second kappa shape index (κ2) is 5.00. The van der Waals surface area contributed by atoms with Crippen LogP contribution in [0.2, 0.25) is 0 Å². The van der Waals surface area contributed by atoms with Crippen LogP contribution in [0.15, 0.2) is 30.0 Å². The van der Waals surface area contributed by atoms with E-state index in [9.17, 15) is 10.1 Å². The highest BCUT2D eigenvalue weighted by atomic mass is 16.6. The number of imidazole rings is 1. The van der Waals surface area contributed by atoms with Gasteiger partial charge in [0, 0.05) is 6.07 Å². The first kappa shape index (κ1) is 12.3. The lowest BCUT2D eigenvalue weighted by molar-refractivity contribution is -0.390. The smallest absolute Gasteiger partial charge is 0.355 e. The van der Waals surface area contributed by atoms with Crippen LogP contribution in [0, 0.1) is 10.1 Å². The Bertz CT molecular complexity index is 614. The first-order valence-electron chi connectivity index (χ1n) is 5.92. The minimum absolute atomic E-state index is 0.0288. The summed E-state index contributed by atoms with van der Waals surface area (Å²) in [4.78, 5) is 15.1. The van der Waals surface area contributed by atoms with Crippen molar-refractivity contribution >= 4 is 17.5 Å². The van der Waals surface area contributed by atoms with E-state index < -0.39 is 0 Å². The van der Waals surface area contributed by atoms with E-state index in [-0.39, 0.29) is 10.7 Å². The van der Waals surface area contributed by atoms with Crippen molar-refractivity contribution in [2.24, 2.45) is 0 Å². The van der Waals surface area contributed by atoms with Gasteiger partial charge < -0.3 is 10.1 Å². The maximum absolute atomic E-state index is 11.2. The van der Waals surface area contributed by atoms with Crippen LogP contribution in [-0.4, -0.2) is 14.3 Å². The molecule has 0 fully saturated rings. The lowest BCUT2D eigenvalue weighted by Crippen LogP contribution is -1.95. The minimum atomic E-state index is -0.384. The van der Waals surface area contributed by atoms with E-state index in [4.69, 9.17) is 0 Å². The third-order valence-electron chi connectivity index (χ3n) is 2.73. The predicted octanol–water partition coefficient (Wildman–Crippen LogP) is 3.45. The van der Waals surface area contributed by atoms with Gasteiger partial charge in [-0.2, -0.15) is 4.40 Å². The highest BCUT2D eigenvalue weighted by molar-refractivity contribution is 5.63. The Balaban J connectivity index is 2.59. The van der Waals surface area contributed by atoms with Gasteiger partial charge in [0.2, 0.25) is 5.65 Å². The quantitative estimate of drug-likeness (QED) is 0.612. The molecule has 18 heavy (non-hydrogen) atoms. The Morgan fingerprint density at radius 1 is 1.56 bits per heavy atom. The number of rotatable bonds is 4. The number of nitro groups is 1. The molecule has 0 N–H and O–H groups in total. The van der Waals surface area contributed by atoms with Gasteiger partial charge in [0.05, 0.1) is 6.20 Å². The molecule has 0 unspecified atom stereocenters. The molecule has 2 rings (SSSR count). The number of allylic oxidation sites excluding steroid dienone is 1. The van der Waals surface area contributed by atoms with Gasteiger partial charge in [-0.1, -0.05) is 25.0 Å². The Labute approximate surface area is 105 Å². The second-order valence-electron chi connectivity index (χ2n) is 4.25. The number of fused-ring (bicyclic) bond motifs is 1. The van der Waals surface area contributed by atoms with Crippen LogP contribution in [0.1, 0.15) is 32.4 Å². The summed E-state index contributed by atoms with van der Waals surface area (Å²) in [7, 11) is 0. The van der Waals surface area contributed by atoms with Crippen molar-refractivity contribution in [3.8, 4) is 0 Å². The summed E-state index contributed by atoms with van der Waals surface area (Å²) >= 11 is 0. The predicted molar refractivity (Wildman–Crippen MR) is 70.4 cm³/mol. The van der Waals surface area contributed by atoms with Gasteiger partial charge in [-0.3, -0.25) is 0 Å². The maximum atomic E-state index is 11.2. The van der Waals surface area contributed by atoms with Crippen LogP contribution < -0.4 is 0 Å². The van der Waals surface area contributed by atoms with Crippen molar-refractivity contribution in [2.45, 2.75) is 26.7 Å². The first-order valence-corrected chi connectivity index (χ1v) is 5.92. The molecule has 0 aromatic carbocycles. The van der Waals surface area contributed by atoms with Gasteiger partial charge in [-0.05, 0) is 30.4 Å². The molecule has 2 aromatic rings. The first-order chi connectivity index (χ1) is 8.63. The Hall–Kier alpha value is -2.17. The van der Waals surface area contributed by atoms with Gasteiger partial charge in [0.1, 0.15) is 0 Å². The zero-order valence-electron chi connectivity index (χ0n) is 10.5. The molecule has 0 saturated carbocycles. The van der Waals surface area contributed by atoms with E-state index in [0.29, 0.717) is 11.3 Å². The molecule has 0 amide bonds. The average Bonchev–Trinajstić information content (AvgIpc) is 2.66. The molecule has 0 spiro atoms. The monoisotopic (exact) mass is 245 g/mol. The fourth-order valence-electron chi connectivity index (χ4n) is 1.98. The molecular formula is C13H15N3O2. The number of hydrogen-bond donors (Lipinski definition) is 0. The van der Waals surface area contributed by atoms with Crippen molar-refractivity contribution < 1.29 is 4.92 Å². The average molecular weight is 245 g/mol. The van der Waals surface area contributed by atoms with Crippen LogP contribution >= 0.6 is 0 Å². The van der Waals surface area contributed by atoms with Crippen molar-refractivity contribution in [1.29, 1.82) is 0 Å². The van der Waals surface area contributed by atoms with E-state index in [0.717, 1.165) is 18.4 Å². The molecule has 0 saturated heterocycles. The summed E-state index contributed by atoms with van der Waals surface area (Å²) in [5.74, 6) is 0.0288. The standard InChI is InChI=1S/C13H15N3O2/c1-3-6-10(2)9-11-13(16(17)18)15-8-5-4-7-12(15)14-11/h4-5,7-9H,3,6H2,1-2H3/b10-9+. The lowest BCUT2D eigenvalue weighted by atomic mass is 10.1. The van der Waals surface area contributed by atoms with E-state index >= 15 is 0 Å². The molecular weight excluding hydrogens is 230 g/mol. The molecule has 0 radical (unpaired) electrons. The topological polar surface area (TPSA) is 60.4 Å². The highest BCUT2D eigenvalue weighted by Crippen LogP contribution is 2.23. The number of nitrogens with zero attached hydrogens (tertiary/aromatic N) is 3. The third kappa shape index (κ3) is 2.25.